The Morgan fingerprint density at radius 1 is 0.691 bits per heavy atom. The van der Waals surface area contributed by atoms with Gasteiger partial charge >= 0.3 is 21.8 Å². The van der Waals surface area contributed by atoms with Gasteiger partial charge in [-0.15, -0.1) is 0 Å². The molecule has 6 aromatic heterocycles. The number of carbonyl (C=O) groups is 1. The predicted molar refractivity (Wildman–Crippen MR) is 344 cm³/mol. The second-order valence-corrected chi connectivity index (χ2v) is 30.7. The molecule has 530 valence electrons. The van der Waals surface area contributed by atoms with Gasteiger partial charge in [-0.3, -0.25) is 31.8 Å². The number of carbonyl (C=O) groups excluding carboxylic acids is 1. The van der Waals surface area contributed by atoms with Gasteiger partial charge in [0.25, 0.3) is 0 Å². The van der Waals surface area contributed by atoms with Crippen LogP contribution in [0.3, 0.4) is 0 Å². The van der Waals surface area contributed by atoms with E-state index in [2.05, 4.69) is 85.6 Å². The lowest BCUT2D eigenvalue weighted by atomic mass is 9.47. The van der Waals surface area contributed by atoms with Crippen LogP contribution in [0.1, 0.15) is 137 Å². The molecule has 6 aromatic rings. The molecule has 4 aliphatic carbocycles. The van der Waals surface area contributed by atoms with E-state index in [-0.39, 0.29) is 102 Å². The largest absolute Gasteiger partial charge is 0.508 e. The van der Waals surface area contributed by atoms with Gasteiger partial charge in [0.05, 0.1) is 70.8 Å². The van der Waals surface area contributed by atoms with Crippen LogP contribution in [0.2, 0.25) is 0 Å². The van der Waals surface area contributed by atoms with Crippen LogP contribution in [0.25, 0.3) is 33.5 Å². The normalized spacial score (nSPS) is 33.4. The number of phosphoric ester groups is 2. The first kappa shape index (κ1) is 69.5. The minimum Gasteiger partial charge on any atom is -0.432 e. The van der Waals surface area contributed by atoms with Crippen LogP contribution in [-0.4, -0.2) is 180 Å². The molecule has 0 amide bonds. The minimum atomic E-state index is -5.18. The van der Waals surface area contributed by atoms with Crippen LogP contribution in [0, 0.1) is 46.3 Å². The van der Waals surface area contributed by atoms with E-state index in [1.54, 1.807) is 0 Å². The van der Waals surface area contributed by atoms with Crippen molar-refractivity contribution in [3.63, 3.8) is 0 Å². The summed E-state index contributed by atoms with van der Waals surface area (Å²) in [5, 5.41) is 21.9. The van der Waals surface area contributed by atoms with E-state index >= 15 is 0 Å². The van der Waals surface area contributed by atoms with Crippen LogP contribution in [0.5, 0.6) is 0 Å². The molecule has 2 unspecified atom stereocenters. The van der Waals surface area contributed by atoms with Gasteiger partial charge in [-0.1, -0.05) is 65.5 Å². The quantitative estimate of drug-likeness (QED) is 0.0117. The number of imidazole rings is 3. The van der Waals surface area contributed by atoms with Crippen molar-refractivity contribution in [2.75, 3.05) is 63.4 Å². The van der Waals surface area contributed by atoms with E-state index in [4.69, 9.17) is 68.5 Å². The Hall–Kier alpha value is -6.00. The molecule has 7 aliphatic rings. The molecule has 20 atom stereocenters. The van der Waals surface area contributed by atoms with Gasteiger partial charge in [-0.05, 0) is 91.3 Å². The first-order chi connectivity index (χ1) is 46.5. The second-order valence-electron chi connectivity index (χ2n) is 27.9. The zero-order chi connectivity index (χ0) is 68.1. The number of allylic oxidation sites excluding steroid dienone is 1. The van der Waals surface area contributed by atoms with E-state index in [0.717, 1.165) is 42.9 Å². The number of anilines is 3. The summed E-state index contributed by atoms with van der Waals surface area (Å²) in [4.78, 5) is 73.4. The van der Waals surface area contributed by atoms with Crippen molar-refractivity contribution < 1.29 is 85.2 Å². The van der Waals surface area contributed by atoms with Gasteiger partial charge in [-0.25, -0.2) is 58.8 Å². The number of nitrogen functional groups attached to an aromatic ring is 3. The summed E-state index contributed by atoms with van der Waals surface area (Å²) >= 11 is 0. The number of aliphatic hydroxyl groups excluding tert-OH is 2. The van der Waals surface area contributed by atoms with Crippen LogP contribution in [-0.2, 0) is 60.4 Å². The van der Waals surface area contributed by atoms with E-state index in [1.807, 2.05) is 0 Å². The number of aromatic nitrogens is 12. The third kappa shape index (κ3) is 14.3. The fourth-order valence-corrected chi connectivity index (χ4v) is 18.9. The van der Waals surface area contributed by atoms with Crippen molar-refractivity contribution in [1.29, 1.82) is 0 Å². The lowest BCUT2D eigenvalue weighted by Crippen LogP contribution is -2.51. The highest BCUT2D eigenvalue weighted by Crippen LogP contribution is 2.68. The molecule has 97 heavy (non-hydrogen) atoms. The average Bonchev–Trinajstić information content (AvgIpc) is 1.71. The van der Waals surface area contributed by atoms with Gasteiger partial charge in [0, 0.05) is 19.3 Å². The third-order valence-electron chi connectivity index (χ3n) is 21.7. The minimum absolute atomic E-state index is 0.000241. The van der Waals surface area contributed by atoms with Gasteiger partial charge in [-0.2, -0.15) is 0 Å². The molecule has 0 spiro atoms. The monoisotopic (exact) mass is 1390 g/mol. The molecule has 13 rings (SSSR count). The highest BCUT2D eigenvalue weighted by molar-refractivity contribution is 7.47. The number of nitrogens with zero attached hydrogens (tertiary/aromatic N) is 12. The fraction of sp³-hybridized carbons (Fsp3) is 0.710. The van der Waals surface area contributed by atoms with Crippen LogP contribution in [0.15, 0.2) is 49.6 Å². The Kier molecular flexibility index (Phi) is 20.5. The van der Waals surface area contributed by atoms with Crippen LogP contribution in [0.4, 0.5) is 22.2 Å². The lowest BCUT2D eigenvalue weighted by Gasteiger charge is -2.58. The highest BCUT2D eigenvalue weighted by atomic mass is 31.2. The summed E-state index contributed by atoms with van der Waals surface area (Å²) in [6.07, 6.45) is 9.44. The number of aliphatic hydroxyl groups is 2. The molecular formula is C62H89N15O18P2. The molecule has 33 nitrogen and oxygen atoms in total. The van der Waals surface area contributed by atoms with Crippen molar-refractivity contribution in [1.82, 2.24) is 58.6 Å². The number of fused-ring (bicyclic) bond motifs is 8. The molecule has 10 N–H and O–H groups in total. The summed E-state index contributed by atoms with van der Waals surface area (Å²) in [7, 11) is -10.2. The second kappa shape index (κ2) is 28.6. The summed E-state index contributed by atoms with van der Waals surface area (Å²) in [6.45, 7) is 10.2. The van der Waals surface area contributed by atoms with E-state index < -0.39 is 103 Å². The van der Waals surface area contributed by atoms with Crippen molar-refractivity contribution in [3.8, 4) is 0 Å². The predicted octanol–water partition coefficient (Wildman–Crippen LogP) is 7.05. The number of hydrogen-bond donors (Lipinski definition) is 7. The van der Waals surface area contributed by atoms with Crippen LogP contribution < -0.4 is 17.2 Å². The number of nitrogens with two attached hydrogens (primary N) is 3. The lowest BCUT2D eigenvalue weighted by molar-refractivity contribution is -0.0773. The van der Waals surface area contributed by atoms with E-state index in [1.165, 1.54) is 102 Å². The maximum Gasteiger partial charge on any atom is 0.508 e. The van der Waals surface area contributed by atoms with E-state index in [0.29, 0.717) is 23.7 Å². The maximum atomic E-state index is 14.2. The van der Waals surface area contributed by atoms with Crippen molar-refractivity contribution in [2.24, 2.45) is 46.3 Å². The number of hydrogen-bond acceptors (Lipinski definition) is 28. The molecule has 0 aromatic carbocycles. The Bertz CT molecular complexity index is 3900. The Balaban J connectivity index is 0.609. The SMILES string of the molecule is CC(C)CCC[C@@H](C)[C@H]1CC[C@H]2[C@@H]3CC=C4C[C@@H](OC(=O)OCCOCCO[C@H]5[C@@H](O)[C@H](n6cnc7c(N)ncnc76)O[C@@H]5COP(=O)(O)O[C@@H]5C[C@@H](COP(=O)(O)O[C@@H]6C[C@@H](CO)O[C@H]6n6cnc7c(N)ncnc76)O[C@H]5n5cnc6c(N)ncnc65)CC[C@]4(C)[C@H]3CC[C@]12C. The Morgan fingerprint density at radius 2 is 1.27 bits per heavy atom. The van der Waals surface area contributed by atoms with E-state index in [9.17, 15) is 33.9 Å². The van der Waals surface area contributed by atoms with Crippen molar-refractivity contribution in [2.45, 2.75) is 186 Å². The topological polar surface area (TPSA) is 443 Å². The fourth-order valence-electron chi connectivity index (χ4n) is 17.0. The standard InChI is InChI=1S/C62H89N15O18P2/c1-33(2)7-6-8-34(3)40-11-12-41-39-10-9-35-21-36(13-15-61(35,4)42(39)14-16-62(40,41)5)92-60(80)87-20-18-85-17-19-86-50-45(93-59(49(50)79)77-32-74-48-53(65)68-29-71-56(48)77)26-89-97(83,84)95-44-23-38(91-58(44)76-31-73-47-52(64)67-28-70-55(47)76)25-88-96(81,82)94-43-22-37(24-78)90-57(43)75-30-72-46-51(63)66-27-69-54(46)75/h9,27-34,36-45,49-50,57-59,78-79H,6-8,10-26H2,1-5H3,(H,81,82)(H,83,84)(H2,63,66,69)(H2,64,67,70)(H2,65,68,71)/t34-,36+,37+,38+,39+,40-,41+,42+,43-,44-,45-,49-,50-,57-,58-,59-,61+,62-/m1/s1. The number of ether oxygens (including phenoxy) is 7. The van der Waals surface area contributed by atoms with Crippen LogP contribution >= 0.6 is 15.6 Å². The average molecular weight is 1390 g/mol. The first-order valence-corrected chi connectivity index (χ1v) is 36.6. The van der Waals surface area contributed by atoms with Gasteiger partial charge in [0.1, 0.15) is 78.8 Å². The molecule has 9 heterocycles. The molecular weight excluding hydrogens is 1300 g/mol. The number of rotatable bonds is 27. The van der Waals surface area contributed by atoms with Gasteiger partial charge in [0.15, 0.2) is 53.1 Å². The molecule has 0 bridgehead atoms. The summed E-state index contributed by atoms with van der Waals surface area (Å²) in [6, 6.07) is 0. The molecule has 3 saturated heterocycles. The smallest absolute Gasteiger partial charge is 0.432 e. The zero-order valence-corrected chi connectivity index (χ0v) is 56.8. The summed E-state index contributed by atoms with van der Waals surface area (Å²) in [5.74, 6) is 4.60. The Labute approximate surface area is 559 Å². The van der Waals surface area contributed by atoms with Crippen molar-refractivity contribution in [3.05, 3.63) is 49.6 Å². The molecule has 35 heteroatoms. The van der Waals surface area contributed by atoms with Crippen molar-refractivity contribution >= 4 is 72.7 Å². The highest BCUT2D eigenvalue weighted by Gasteiger charge is 2.60. The molecule has 0 radical (unpaired) electrons. The molecule has 6 fully saturated rings. The summed E-state index contributed by atoms with van der Waals surface area (Å²) < 4.78 is 96.8. The molecule has 3 saturated carbocycles. The maximum absolute atomic E-state index is 14.2. The van der Waals surface area contributed by atoms with Gasteiger partial charge in [0.2, 0.25) is 0 Å². The molecule has 3 aliphatic heterocycles. The third-order valence-corrected chi connectivity index (χ3v) is 23.7. The summed E-state index contributed by atoms with van der Waals surface area (Å²) in [5.41, 5.74) is 21.4. The zero-order valence-electron chi connectivity index (χ0n) is 55.0. The number of phosphoric acid groups is 2. The van der Waals surface area contributed by atoms with Gasteiger partial charge < -0.3 is 70.4 Å². The Morgan fingerprint density at radius 3 is 1.88 bits per heavy atom. The first-order valence-electron chi connectivity index (χ1n) is 33.6.